The van der Waals surface area contributed by atoms with Crippen LogP contribution in [-0.4, -0.2) is 49.3 Å². The lowest BCUT2D eigenvalue weighted by atomic mass is 10.1. The first-order valence-electron chi connectivity index (χ1n) is 7.01. The van der Waals surface area contributed by atoms with Gasteiger partial charge in [0.1, 0.15) is 0 Å². The third-order valence-corrected chi connectivity index (χ3v) is 4.26. The van der Waals surface area contributed by atoms with Gasteiger partial charge in [-0.15, -0.1) is 0 Å². The third-order valence-electron chi connectivity index (χ3n) is 4.26. The number of nitrogens with zero attached hydrogens (tertiary/aromatic N) is 1. The highest BCUT2D eigenvalue weighted by molar-refractivity contribution is 4.87. The molecular formula is C13H24N2O. The van der Waals surface area contributed by atoms with E-state index in [9.17, 15) is 0 Å². The highest BCUT2D eigenvalue weighted by atomic mass is 16.5. The Hall–Kier alpha value is -0.120. The molecule has 3 heteroatoms. The summed E-state index contributed by atoms with van der Waals surface area (Å²) in [5.41, 5.74) is 0. The van der Waals surface area contributed by atoms with Crippen molar-refractivity contribution in [1.29, 1.82) is 0 Å². The number of ether oxygens (including phenoxy) is 1. The summed E-state index contributed by atoms with van der Waals surface area (Å²) in [5.74, 6) is 0. The lowest BCUT2D eigenvalue weighted by Gasteiger charge is -2.34. The molecule has 3 aliphatic heterocycles. The van der Waals surface area contributed by atoms with Crippen LogP contribution in [0.15, 0.2) is 0 Å². The highest BCUT2D eigenvalue weighted by Gasteiger charge is 2.34. The standard InChI is InChI=1S/C13H24N2O/c1-2-4-11(14-7-3-1)8-15-9-12-5-6-13(10-15)16-12/h11-14H,1-10H2. The van der Waals surface area contributed by atoms with E-state index in [1.807, 2.05) is 0 Å². The van der Waals surface area contributed by atoms with Crippen LogP contribution in [0.2, 0.25) is 0 Å². The Labute approximate surface area is 98.5 Å². The van der Waals surface area contributed by atoms with E-state index in [1.54, 1.807) is 0 Å². The molecule has 0 spiro atoms. The molecule has 16 heavy (non-hydrogen) atoms. The molecule has 0 aromatic heterocycles. The summed E-state index contributed by atoms with van der Waals surface area (Å²) in [4.78, 5) is 2.63. The zero-order valence-corrected chi connectivity index (χ0v) is 10.2. The van der Waals surface area contributed by atoms with Gasteiger partial charge < -0.3 is 10.1 Å². The maximum absolute atomic E-state index is 5.88. The summed E-state index contributed by atoms with van der Waals surface area (Å²) in [6, 6.07) is 0.736. The minimum atomic E-state index is 0.546. The van der Waals surface area contributed by atoms with Crippen LogP contribution in [-0.2, 0) is 4.74 Å². The first kappa shape index (κ1) is 11.0. The van der Waals surface area contributed by atoms with E-state index in [0.717, 1.165) is 6.04 Å². The normalized spacial score (nSPS) is 40.9. The molecule has 3 unspecified atom stereocenters. The summed E-state index contributed by atoms with van der Waals surface area (Å²) in [6.07, 6.45) is 9.23. The quantitative estimate of drug-likeness (QED) is 0.767. The van der Waals surface area contributed by atoms with Gasteiger partial charge in [0.05, 0.1) is 12.2 Å². The van der Waals surface area contributed by atoms with Crippen molar-refractivity contribution in [2.75, 3.05) is 26.2 Å². The van der Waals surface area contributed by atoms with Crippen molar-refractivity contribution >= 4 is 0 Å². The summed E-state index contributed by atoms with van der Waals surface area (Å²) in [6.45, 7) is 4.82. The van der Waals surface area contributed by atoms with Crippen molar-refractivity contribution in [1.82, 2.24) is 10.2 Å². The molecular weight excluding hydrogens is 200 g/mol. The Morgan fingerprint density at radius 2 is 1.81 bits per heavy atom. The van der Waals surface area contributed by atoms with Crippen LogP contribution in [0.3, 0.4) is 0 Å². The van der Waals surface area contributed by atoms with Gasteiger partial charge in [-0.05, 0) is 32.2 Å². The smallest absolute Gasteiger partial charge is 0.0707 e. The second kappa shape index (κ2) is 5.03. The van der Waals surface area contributed by atoms with Gasteiger partial charge in [0.25, 0.3) is 0 Å². The fourth-order valence-corrected chi connectivity index (χ4v) is 3.42. The molecule has 0 aromatic rings. The second-order valence-corrected chi connectivity index (χ2v) is 5.68. The topological polar surface area (TPSA) is 24.5 Å². The molecule has 0 radical (unpaired) electrons. The first-order valence-corrected chi connectivity index (χ1v) is 7.01. The van der Waals surface area contributed by atoms with Gasteiger partial charge in [-0.3, -0.25) is 4.90 Å². The maximum atomic E-state index is 5.88. The average molecular weight is 224 g/mol. The predicted octanol–water partition coefficient (Wildman–Crippen LogP) is 1.38. The van der Waals surface area contributed by atoms with Crippen LogP contribution >= 0.6 is 0 Å². The van der Waals surface area contributed by atoms with Crippen LogP contribution < -0.4 is 5.32 Å². The van der Waals surface area contributed by atoms with Crippen molar-refractivity contribution < 1.29 is 4.74 Å². The molecule has 3 heterocycles. The van der Waals surface area contributed by atoms with E-state index < -0.39 is 0 Å². The SMILES string of the molecule is C1CCNC(CN2CC3CCC(C2)O3)CC1. The zero-order chi connectivity index (χ0) is 10.8. The van der Waals surface area contributed by atoms with Crippen LogP contribution in [0.4, 0.5) is 0 Å². The largest absolute Gasteiger partial charge is 0.372 e. The van der Waals surface area contributed by atoms with Gasteiger partial charge in [0, 0.05) is 25.7 Å². The van der Waals surface area contributed by atoms with E-state index in [1.165, 1.54) is 64.7 Å². The number of rotatable bonds is 2. The lowest BCUT2D eigenvalue weighted by Crippen LogP contribution is -2.48. The predicted molar refractivity (Wildman–Crippen MR) is 64.6 cm³/mol. The van der Waals surface area contributed by atoms with E-state index in [2.05, 4.69) is 10.2 Å². The minimum Gasteiger partial charge on any atom is -0.372 e. The maximum Gasteiger partial charge on any atom is 0.0707 e. The first-order chi connectivity index (χ1) is 7.90. The highest BCUT2D eigenvalue weighted by Crippen LogP contribution is 2.26. The number of likely N-dealkylation sites (tertiary alicyclic amines) is 1. The Balaban J connectivity index is 1.50. The van der Waals surface area contributed by atoms with Gasteiger partial charge in [-0.1, -0.05) is 12.8 Å². The van der Waals surface area contributed by atoms with E-state index in [-0.39, 0.29) is 0 Å². The molecule has 3 fully saturated rings. The van der Waals surface area contributed by atoms with E-state index in [4.69, 9.17) is 4.74 Å². The molecule has 3 aliphatic rings. The van der Waals surface area contributed by atoms with Crippen LogP contribution in [0.25, 0.3) is 0 Å². The number of fused-ring (bicyclic) bond motifs is 2. The van der Waals surface area contributed by atoms with Crippen molar-refractivity contribution in [2.45, 2.75) is 56.8 Å². The van der Waals surface area contributed by atoms with Crippen LogP contribution in [0, 0.1) is 0 Å². The molecule has 3 nitrogen and oxygen atoms in total. The van der Waals surface area contributed by atoms with Crippen molar-refractivity contribution in [3.05, 3.63) is 0 Å². The molecule has 0 amide bonds. The monoisotopic (exact) mass is 224 g/mol. The number of morpholine rings is 1. The Morgan fingerprint density at radius 3 is 2.62 bits per heavy atom. The molecule has 0 aliphatic carbocycles. The van der Waals surface area contributed by atoms with Crippen LogP contribution in [0.5, 0.6) is 0 Å². The number of hydrogen-bond donors (Lipinski definition) is 1. The Morgan fingerprint density at radius 1 is 1.00 bits per heavy atom. The molecule has 3 rings (SSSR count). The third kappa shape index (κ3) is 2.58. The van der Waals surface area contributed by atoms with Gasteiger partial charge in [-0.25, -0.2) is 0 Å². The average Bonchev–Trinajstić information content (AvgIpc) is 2.53. The minimum absolute atomic E-state index is 0.546. The summed E-state index contributed by atoms with van der Waals surface area (Å²) < 4.78 is 5.88. The summed E-state index contributed by atoms with van der Waals surface area (Å²) in [5, 5.41) is 3.70. The van der Waals surface area contributed by atoms with E-state index in [0.29, 0.717) is 12.2 Å². The molecule has 92 valence electrons. The molecule has 0 saturated carbocycles. The van der Waals surface area contributed by atoms with Gasteiger partial charge in [-0.2, -0.15) is 0 Å². The fourth-order valence-electron chi connectivity index (χ4n) is 3.42. The zero-order valence-electron chi connectivity index (χ0n) is 10.2. The lowest BCUT2D eigenvalue weighted by molar-refractivity contribution is -0.0407. The molecule has 1 N–H and O–H groups in total. The Bertz CT molecular complexity index is 214. The van der Waals surface area contributed by atoms with Crippen molar-refractivity contribution in [3.63, 3.8) is 0 Å². The van der Waals surface area contributed by atoms with Gasteiger partial charge in [0.15, 0.2) is 0 Å². The summed E-state index contributed by atoms with van der Waals surface area (Å²) >= 11 is 0. The Kier molecular flexibility index (Phi) is 3.46. The summed E-state index contributed by atoms with van der Waals surface area (Å²) in [7, 11) is 0. The van der Waals surface area contributed by atoms with Crippen molar-refractivity contribution in [3.8, 4) is 0 Å². The molecule has 3 atom stereocenters. The van der Waals surface area contributed by atoms with Gasteiger partial charge in [0.2, 0.25) is 0 Å². The molecule has 2 bridgehead atoms. The second-order valence-electron chi connectivity index (χ2n) is 5.68. The van der Waals surface area contributed by atoms with Crippen LogP contribution in [0.1, 0.15) is 38.5 Å². The molecule has 3 saturated heterocycles. The molecule has 0 aromatic carbocycles. The fraction of sp³-hybridized carbons (Fsp3) is 1.00. The number of nitrogens with one attached hydrogen (secondary N) is 1. The van der Waals surface area contributed by atoms with Crippen molar-refractivity contribution in [2.24, 2.45) is 0 Å². The van der Waals surface area contributed by atoms with E-state index >= 15 is 0 Å². The number of hydrogen-bond acceptors (Lipinski definition) is 3. The van der Waals surface area contributed by atoms with Gasteiger partial charge >= 0.3 is 0 Å².